The molecule has 1 aliphatic carbocycles. The maximum absolute atomic E-state index is 13.1. The van der Waals surface area contributed by atoms with Crippen LogP contribution in [-0.4, -0.2) is 29.3 Å². The van der Waals surface area contributed by atoms with Crippen LogP contribution < -0.4 is 5.32 Å². The van der Waals surface area contributed by atoms with Crippen LogP contribution >= 0.6 is 11.6 Å². The molecule has 0 radical (unpaired) electrons. The molecule has 0 atom stereocenters. The molecule has 1 aliphatic rings. The summed E-state index contributed by atoms with van der Waals surface area (Å²) in [6.07, 6.45) is 4.20. The maximum atomic E-state index is 13.1. The second-order valence-corrected chi connectivity index (χ2v) is 9.51. The number of nitrogens with zero attached hydrogens (tertiary/aromatic N) is 1. The number of furan rings is 1. The van der Waals surface area contributed by atoms with E-state index in [4.69, 9.17) is 16.0 Å². The molecule has 1 saturated carbocycles. The number of carbonyl (C=O) groups is 2. The molecular formula is C24H31ClN2O3. The summed E-state index contributed by atoms with van der Waals surface area (Å²) in [5.41, 5.74) is 1.50. The molecule has 0 aliphatic heterocycles. The number of carbonyl (C=O) groups excluding carboxylic acids is 2. The van der Waals surface area contributed by atoms with Gasteiger partial charge >= 0.3 is 0 Å². The third-order valence-electron chi connectivity index (χ3n) is 5.65. The molecule has 1 aromatic carbocycles. The molecular weight excluding hydrogens is 400 g/mol. The lowest BCUT2D eigenvalue weighted by Crippen LogP contribution is -2.44. The molecule has 0 saturated heterocycles. The largest absolute Gasteiger partial charge is 0.455 e. The Kier molecular flexibility index (Phi) is 6.91. The highest BCUT2D eigenvalue weighted by Gasteiger charge is 2.28. The van der Waals surface area contributed by atoms with Gasteiger partial charge in [-0.1, -0.05) is 63.4 Å². The van der Waals surface area contributed by atoms with Crippen molar-refractivity contribution in [3.63, 3.8) is 0 Å². The van der Waals surface area contributed by atoms with Crippen molar-refractivity contribution >= 4 is 23.4 Å². The van der Waals surface area contributed by atoms with Crippen LogP contribution in [0.2, 0.25) is 5.02 Å². The Hall–Kier alpha value is -2.27. The molecule has 1 fully saturated rings. The van der Waals surface area contributed by atoms with Gasteiger partial charge in [-0.2, -0.15) is 0 Å². The highest BCUT2D eigenvalue weighted by atomic mass is 35.5. The van der Waals surface area contributed by atoms with Crippen molar-refractivity contribution < 1.29 is 14.0 Å². The fraction of sp³-hybridized carbons (Fsp3) is 0.500. The van der Waals surface area contributed by atoms with Gasteiger partial charge in [0.05, 0.1) is 6.54 Å². The summed E-state index contributed by atoms with van der Waals surface area (Å²) in [5, 5.41) is 3.40. The van der Waals surface area contributed by atoms with Crippen molar-refractivity contribution in [3.8, 4) is 0 Å². The number of benzene rings is 1. The van der Waals surface area contributed by atoms with Crippen LogP contribution in [0.15, 0.2) is 34.7 Å². The van der Waals surface area contributed by atoms with E-state index >= 15 is 0 Å². The molecule has 5 nitrogen and oxygen atoms in total. The van der Waals surface area contributed by atoms with Gasteiger partial charge in [-0.05, 0) is 37.5 Å². The molecule has 162 valence electrons. The van der Waals surface area contributed by atoms with E-state index in [-0.39, 0.29) is 35.6 Å². The predicted octanol–water partition coefficient (Wildman–Crippen LogP) is 5.24. The minimum Gasteiger partial charge on any atom is -0.455 e. The molecule has 1 aromatic heterocycles. The average Bonchev–Trinajstić information content (AvgIpc) is 3.34. The third-order valence-corrected chi connectivity index (χ3v) is 6.02. The number of hydrogen-bond acceptors (Lipinski definition) is 3. The van der Waals surface area contributed by atoms with Crippen molar-refractivity contribution in [1.29, 1.82) is 0 Å². The van der Waals surface area contributed by atoms with Crippen LogP contribution in [0, 0.1) is 6.92 Å². The van der Waals surface area contributed by atoms with Crippen LogP contribution in [0.3, 0.4) is 0 Å². The zero-order valence-corrected chi connectivity index (χ0v) is 19.0. The van der Waals surface area contributed by atoms with Gasteiger partial charge in [0, 0.05) is 28.6 Å². The van der Waals surface area contributed by atoms with Crippen LogP contribution in [0.5, 0.6) is 0 Å². The van der Waals surface area contributed by atoms with E-state index in [1.807, 2.05) is 62.9 Å². The molecule has 0 bridgehead atoms. The van der Waals surface area contributed by atoms with Crippen molar-refractivity contribution in [2.45, 2.75) is 71.4 Å². The quantitative estimate of drug-likeness (QED) is 0.681. The molecule has 1 heterocycles. The van der Waals surface area contributed by atoms with E-state index in [2.05, 4.69) is 5.32 Å². The molecule has 30 heavy (non-hydrogen) atoms. The Labute approximate surface area is 183 Å². The zero-order chi connectivity index (χ0) is 21.9. The Morgan fingerprint density at radius 3 is 2.47 bits per heavy atom. The summed E-state index contributed by atoms with van der Waals surface area (Å²) in [7, 11) is 0. The maximum Gasteiger partial charge on any atom is 0.287 e. The minimum atomic E-state index is -0.361. The first-order valence-electron chi connectivity index (χ1n) is 10.6. The van der Waals surface area contributed by atoms with Gasteiger partial charge in [0.1, 0.15) is 5.76 Å². The Balaban J connectivity index is 1.69. The first kappa shape index (κ1) is 22.4. The molecule has 1 N–H and O–H groups in total. The fourth-order valence-corrected chi connectivity index (χ4v) is 4.06. The van der Waals surface area contributed by atoms with Gasteiger partial charge < -0.3 is 14.6 Å². The molecule has 2 amide bonds. The van der Waals surface area contributed by atoms with E-state index in [9.17, 15) is 9.59 Å². The van der Waals surface area contributed by atoms with Crippen LogP contribution in [0.4, 0.5) is 0 Å². The fourth-order valence-electron chi connectivity index (χ4n) is 3.86. The van der Waals surface area contributed by atoms with Gasteiger partial charge in [-0.15, -0.1) is 0 Å². The first-order chi connectivity index (χ1) is 14.2. The summed E-state index contributed by atoms with van der Waals surface area (Å²) < 4.78 is 5.79. The molecule has 0 unspecified atom stereocenters. The van der Waals surface area contributed by atoms with Crippen LogP contribution in [0.1, 0.15) is 73.9 Å². The summed E-state index contributed by atoms with van der Waals surface area (Å²) >= 11 is 6.32. The van der Waals surface area contributed by atoms with Crippen molar-refractivity contribution in [2.24, 2.45) is 0 Å². The number of amides is 2. The van der Waals surface area contributed by atoms with E-state index in [1.54, 1.807) is 0 Å². The highest BCUT2D eigenvalue weighted by Crippen LogP contribution is 2.28. The highest BCUT2D eigenvalue weighted by molar-refractivity contribution is 6.31. The van der Waals surface area contributed by atoms with Crippen LogP contribution in [0.25, 0.3) is 0 Å². The number of nitrogens with one attached hydrogen (secondary N) is 1. The number of rotatable bonds is 6. The van der Waals surface area contributed by atoms with Gasteiger partial charge in [0.25, 0.3) is 5.91 Å². The standard InChI is InChI=1S/C24H31ClN2O3/c1-16-13-20(24(2,3)4)30-22(16)23(29)26-14-21(28)27(18-10-6-7-11-18)15-17-9-5-8-12-19(17)25/h5,8-9,12-13,18H,6-7,10-11,14-15H2,1-4H3,(H,26,29). The van der Waals surface area contributed by atoms with Crippen molar-refractivity contribution in [3.05, 3.63) is 58.0 Å². The number of hydrogen-bond donors (Lipinski definition) is 1. The topological polar surface area (TPSA) is 62.6 Å². The average molecular weight is 431 g/mol. The molecule has 3 rings (SSSR count). The SMILES string of the molecule is Cc1cc(C(C)(C)C)oc1C(=O)NCC(=O)N(Cc1ccccc1Cl)C1CCCC1. The lowest BCUT2D eigenvalue weighted by atomic mass is 9.93. The van der Waals surface area contributed by atoms with Gasteiger partial charge in [0.15, 0.2) is 5.76 Å². The van der Waals surface area contributed by atoms with Crippen LogP contribution in [-0.2, 0) is 16.8 Å². The molecule has 2 aromatic rings. The normalized spacial score (nSPS) is 14.7. The zero-order valence-electron chi connectivity index (χ0n) is 18.3. The van der Waals surface area contributed by atoms with Crippen molar-refractivity contribution in [1.82, 2.24) is 10.2 Å². The summed E-state index contributed by atoms with van der Waals surface area (Å²) in [5.74, 6) is 0.560. The predicted molar refractivity (Wildman–Crippen MR) is 119 cm³/mol. The summed E-state index contributed by atoms with van der Waals surface area (Å²) in [6, 6.07) is 9.65. The minimum absolute atomic E-state index is 0.0647. The Morgan fingerprint density at radius 2 is 1.87 bits per heavy atom. The number of aryl methyl sites for hydroxylation is 1. The van der Waals surface area contributed by atoms with E-state index in [1.165, 1.54) is 0 Å². The number of halogens is 1. The second-order valence-electron chi connectivity index (χ2n) is 9.11. The molecule has 0 spiro atoms. The van der Waals surface area contributed by atoms with E-state index in [0.29, 0.717) is 11.6 Å². The summed E-state index contributed by atoms with van der Waals surface area (Å²) in [6.45, 7) is 8.33. The van der Waals surface area contributed by atoms with E-state index < -0.39 is 0 Å². The van der Waals surface area contributed by atoms with Crippen molar-refractivity contribution in [2.75, 3.05) is 6.54 Å². The monoisotopic (exact) mass is 430 g/mol. The summed E-state index contributed by atoms with van der Waals surface area (Å²) in [4.78, 5) is 27.6. The third kappa shape index (κ3) is 5.25. The van der Waals surface area contributed by atoms with E-state index in [0.717, 1.165) is 42.6 Å². The first-order valence-corrected chi connectivity index (χ1v) is 11.0. The van der Waals surface area contributed by atoms with Gasteiger partial charge in [0.2, 0.25) is 5.91 Å². The lowest BCUT2D eigenvalue weighted by Gasteiger charge is -2.29. The lowest BCUT2D eigenvalue weighted by molar-refractivity contribution is -0.133. The second kappa shape index (κ2) is 9.25. The Bertz CT molecular complexity index is 907. The smallest absolute Gasteiger partial charge is 0.287 e. The Morgan fingerprint density at radius 1 is 1.20 bits per heavy atom. The van der Waals surface area contributed by atoms with Gasteiger partial charge in [-0.3, -0.25) is 9.59 Å². The van der Waals surface area contributed by atoms with Gasteiger partial charge in [-0.25, -0.2) is 0 Å². The molecule has 6 heteroatoms.